The summed E-state index contributed by atoms with van der Waals surface area (Å²) in [7, 11) is 0. The van der Waals surface area contributed by atoms with Crippen LogP contribution in [0.3, 0.4) is 0 Å². The molecule has 0 saturated heterocycles. The van der Waals surface area contributed by atoms with Gasteiger partial charge in [-0.05, 0) is 43.7 Å². The van der Waals surface area contributed by atoms with E-state index >= 15 is 0 Å². The first-order valence-electron chi connectivity index (χ1n) is 9.51. The van der Waals surface area contributed by atoms with E-state index in [1.165, 1.54) is 25.7 Å². The molecule has 3 nitrogen and oxygen atoms in total. The van der Waals surface area contributed by atoms with Gasteiger partial charge in [-0.3, -0.25) is 0 Å². The number of anilines is 1. The van der Waals surface area contributed by atoms with Gasteiger partial charge in [-0.25, -0.2) is 0 Å². The minimum absolute atomic E-state index is 0.682. The molecule has 0 bridgehead atoms. The van der Waals surface area contributed by atoms with Crippen LogP contribution in [-0.4, -0.2) is 13.2 Å². The summed E-state index contributed by atoms with van der Waals surface area (Å²) in [5, 5.41) is 3.44. The Morgan fingerprint density at radius 2 is 1.56 bits per heavy atom. The largest absolute Gasteiger partial charge is 0.494 e. The van der Waals surface area contributed by atoms with Gasteiger partial charge in [0.1, 0.15) is 11.5 Å². The summed E-state index contributed by atoms with van der Waals surface area (Å²) in [6.45, 7) is 6.47. The normalized spacial score (nSPS) is 10.5. The van der Waals surface area contributed by atoms with Gasteiger partial charge in [-0.15, -0.1) is 0 Å². The van der Waals surface area contributed by atoms with Gasteiger partial charge in [0.05, 0.1) is 13.2 Å². The lowest BCUT2D eigenvalue weighted by Gasteiger charge is -2.12. The zero-order valence-electron chi connectivity index (χ0n) is 15.6. The van der Waals surface area contributed by atoms with E-state index in [0.717, 1.165) is 42.3 Å². The third kappa shape index (κ3) is 7.08. The molecule has 2 aromatic rings. The van der Waals surface area contributed by atoms with E-state index in [2.05, 4.69) is 30.4 Å². The monoisotopic (exact) mass is 341 g/mol. The molecule has 0 fully saturated rings. The molecule has 0 atom stereocenters. The highest BCUT2D eigenvalue weighted by molar-refractivity contribution is 5.47. The number of nitrogens with one attached hydrogen (secondary N) is 1. The van der Waals surface area contributed by atoms with Crippen LogP contribution in [0, 0.1) is 0 Å². The van der Waals surface area contributed by atoms with Crippen molar-refractivity contribution >= 4 is 5.69 Å². The quantitative estimate of drug-likeness (QED) is 0.477. The van der Waals surface area contributed by atoms with E-state index in [0.29, 0.717) is 6.61 Å². The molecule has 0 heterocycles. The molecule has 1 N–H and O–H groups in total. The summed E-state index contributed by atoms with van der Waals surface area (Å²) in [6, 6.07) is 16.3. The maximum absolute atomic E-state index is 5.81. The number of para-hydroxylation sites is 1. The Morgan fingerprint density at radius 3 is 2.32 bits per heavy atom. The summed E-state index contributed by atoms with van der Waals surface area (Å²) in [4.78, 5) is 0. The van der Waals surface area contributed by atoms with Crippen molar-refractivity contribution < 1.29 is 9.47 Å². The second-order valence-corrected chi connectivity index (χ2v) is 6.18. The van der Waals surface area contributed by atoms with Crippen molar-refractivity contribution in [2.24, 2.45) is 0 Å². The van der Waals surface area contributed by atoms with E-state index in [-0.39, 0.29) is 0 Å². The molecule has 2 rings (SSSR count). The highest BCUT2D eigenvalue weighted by atomic mass is 16.5. The average Bonchev–Trinajstić information content (AvgIpc) is 2.65. The number of ether oxygens (including phenoxy) is 2. The number of unbranched alkanes of at least 4 members (excludes halogenated alkanes) is 4. The van der Waals surface area contributed by atoms with E-state index in [4.69, 9.17) is 9.47 Å². The third-order valence-corrected chi connectivity index (χ3v) is 4.13. The van der Waals surface area contributed by atoms with Gasteiger partial charge in [0.15, 0.2) is 0 Å². The van der Waals surface area contributed by atoms with Crippen LogP contribution in [0.5, 0.6) is 11.5 Å². The maximum Gasteiger partial charge on any atom is 0.124 e. The number of rotatable bonds is 12. The van der Waals surface area contributed by atoms with Gasteiger partial charge in [-0.1, -0.05) is 50.8 Å². The van der Waals surface area contributed by atoms with E-state index in [1.807, 2.05) is 37.3 Å². The SMILES string of the molecule is CCCCCCCOc1ccc(NCc2ccccc2OCC)cc1. The lowest BCUT2D eigenvalue weighted by atomic mass is 10.2. The van der Waals surface area contributed by atoms with E-state index in [9.17, 15) is 0 Å². The molecule has 0 unspecified atom stereocenters. The Hall–Kier alpha value is -2.16. The topological polar surface area (TPSA) is 30.5 Å². The molecule has 0 aromatic heterocycles. The Kier molecular flexibility index (Phi) is 8.74. The summed E-state index contributed by atoms with van der Waals surface area (Å²) in [5.41, 5.74) is 2.25. The van der Waals surface area contributed by atoms with Crippen molar-refractivity contribution in [2.75, 3.05) is 18.5 Å². The molecule has 0 saturated carbocycles. The molecular weight excluding hydrogens is 310 g/mol. The number of hydrogen-bond acceptors (Lipinski definition) is 3. The predicted octanol–water partition coefficient (Wildman–Crippen LogP) is 6.05. The molecule has 0 spiro atoms. The molecule has 0 aliphatic rings. The summed E-state index contributed by atoms with van der Waals surface area (Å²) < 4.78 is 11.5. The van der Waals surface area contributed by atoms with Gasteiger partial charge < -0.3 is 14.8 Å². The fourth-order valence-electron chi connectivity index (χ4n) is 2.71. The lowest BCUT2D eigenvalue weighted by Crippen LogP contribution is -2.03. The van der Waals surface area contributed by atoms with Gasteiger partial charge >= 0.3 is 0 Å². The van der Waals surface area contributed by atoms with Gasteiger partial charge in [0.25, 0.3) is 0 Å². The highest BCUT2D eigenvalue weighted by Gasteiger charge is 2.02. The lowest BCUT2D eigenvalue weighted by molar-refractivity contribution is 0.304. The predicted molar refractivity (Wildman–Crippen MR) is 106 cm³/mol. The second-order valence-electron chi connectivity index (χ2n) is 6.18. The first-order valence-corrected chi connectivity index (χ1v) is 9.51. The zero-order chi connectivity index (χ0) is 17.7. The summed E-state index contributed by atoms with van der Waals surface area (Å²) >= 11 is 0. The molecular formula is C22H31NO2. The summed E-state index contributed by atoms with van der Waals surface area (Å²) in [6.07, 6.45) is 6.31. The fraction of sp³-hybridized carbons (Fsp3) is 0.455. The van der Waals surface area contributed by atoms with Crippen LogP contribution in [0.15, 0.2) is 48.5 Å². The Bertz CT molecular complexity index is 595. The van der Waals surface area contributed by atoms with Crippen LogP contribution >= 0.6 is 0 Å². The van der Waals surface area contributed by atoms with Crippen molar-refractivity contribution in [1.29, 1.82) is 0 Å². The number of benzene rings is 2. The Morgan fingerprint density at radius 1 is 0.800 bits per heavy atom. The van der Waals surface area contributed by atoms with Gasteiger partial charge in [0.2, 0.25) is 0 Å². The van der Waals surface area contributed by atoms with Crippen LogP contribution in [0.25, 0.3) is 0 Å². The first-order chi connectivity index (χ1) is 12.3. The van der Waals surface area contributed by atoms with Crippen LogP contribution in [0.2, 0.25) is 0 Å². The van der Waals surface area contributed by atoms with Crippen LogP contribution in [0.1, 0.15) is 51.5 Å². The third-order valence-electron chi connectivity index (χ3n) is 4.13. The van der Waals surface area contributed by atoms with Crippen molar-refractivity contribution in [3.8, 4) is 11.5 Å². The molecule has 0 radical (unpaired) electrons. The number of hydrogen-bond donors (Lipinski definition) is 1. The van der Waals surface area contributed by atoms with Crippen molar-refractivity contribution in [3.63, 3.8) is 0 Å². The van der Waals surface area contributed by atoms with Crippen LogP contribution in [-0.2, 0) is 6.54 Å². The van der Waals surface area contributed by atoms with E-state index in [1.54, 1.807) is 0 Å². The van der Waals surface area contributed by atoms with Crippen LogP contribution < -0.4 is 14.8 Å². The molecule has 136 valence electrons. The Labute approximate surface area is 152 Å². The molecule has 0 aliphatic carbocycles. The average molecular weight is 341 g/mol. The fourth-order valence-corrected chi connectivity index (χ4v) is 2.71. The van der Waals surface area contributed by atoms with Gasteiger partial charge in [-0.2, -0.15) is 0 Å². The molecule has 0 amide bonds. The van der Waals surface area contributed by atoms with E-state index < -0.39 is 0 Å². The first kappa shape index (κ1) is 19.2. The molecule has 3 heteroatoms. The highest BCUT2D eigenvalue weighted by Crippen LogP contribution is 2.21. The second kappa shape index (κ2) is 11.4. The minimum Gasteiger partial charge on any atom is -0.494 e. The maximum atomic E-state index is 5.81. The molecule has 25 heavy (non-hydrogen) atoms. The van der Waals surface area contributed by atoms with Crippen molar-refractivity contribution in [2.45, 2.75) is 52.5 Å². The minimum atomic E-state index is 0.682. The standard InChI is InChI=1S/C22H31NO2/c1-3-5-6-7-10-17-25-21-15-13-20(14-16-21)23-18-19-11-8-9-12-22(19)24-4-2/h8-9,11-16,23H,3-7,10,17-18H2,1-2H3. The van der Waals surface area contributed by atoms with Crippen molar-refractivity contribution in [1.82, 2.24) is 0 Å². The summed E-state index contributed by atoms with van der Waals surface area (Å²) in [5.74, 6) is 1.89. The van der Waals surface area contributed by atoms with Gasteiger partial charge in [0, 0.05) is 17.8 Å². The van der Waals surface area contributed by atoms with Crippen LogP contribution in [0.4, 0.5) is 5.69 Å². The Balaban J connectivity index is 1.75. The van der Waals surface area contributed by atoms with Crippen molar-refractivity contribution in [3.05, 3.63) is 54.1 Å². The molecule has 2 aromatic carbocycles. The zero-order valence-corrected chi connectivity index (χ0v) is 15.6. The molecule has 0 aliphatic heterocycles. The smallest absolute Gasteiger partial charge is 0.124 e.